The lowest BCUT2D eigenvalue weighted by Gasteiger charge is -2.12. The molecule has 1 aromatic heterocycles. The molecule has 1 aliphatic rings. The van der Waals surface area contributed by atoms with E-state index in [2.05, 4.69) is 9.97 Å². The molecule has 1 aromatic rings. The number of carboxylic acid groups (broad SMARTS) is 1. The van der Waals surface area contributed by atoms with Gasteiger partial charge in [-0.1, -0.05) is 0 Å². The van der Waals surface area contributed by atoms with E-state index in [-0.39, 0.29) is 11.8 Å². The van der Waals surface area contributed by atoms with Gasteiger partial charge in [0.2, 0.25) is 0 Å². The molecule has 1 N–H and O–H groups in total. The molecule has 0 aliphatic heterocycles. The summed E-state index contributed by atoms with van der Waals surface area (Å²) in [5, 5.41) is 8.79. The molecular weight excluding hydrogens is 196 g/mol. The molecule has 1 atom stereocenters. The van der Waals surface area contributed by atoms with Crippen LogP contribution in [0.3, 0.4) is 0 Å². The maximum absolute atomic E-state index is 10.7. The highest BCUT2D eigenvalue weighted by Crippen LogP contribution is 2.41. The number of aromatic nitrogens is 2. The summed E-state index contributed by atoms with van der Waals surface area (Å²) in [5.74, 6) is -0.122. The van der Waals surface area contributed by atoms with E-state index >= 15 is 0 Å². The molecule has 0 amide bonds. The fraction of sp³-hybridized carbons (Fsp3) is 0.500. The van der Waals surface area contributed by atoms with Crippen LogP contribution in [0, 0.1) is 5.92 Å². The predicted molar refractivity (Wildman–Crippen MR) is 51.5 cm³/mol. The molecule has 5 nitrogen and oxygen atoms in total. The molecule has 0 saturated heterocycles. The minimum atomic E-state index is -1.04. The van der Waals surface area contributed by atoms with Crippen LogP contribution < -0.4 is 0 Å². The summed E-state index contributed by atoms with van der Waals surface area (Å²) in [4.78, 5) is 18.7. The van der Waals surface area contributed by atoms with E-state index in [0.29, 0.717) is 11.7 Å². The van der Waals surface area contributed by atoms with Crippen LogP contribution in [0.15, 0.2) is 12.3 Å². The lowest BCUT2D eigenvalue weighted by Crippen LogP contribution is -2.11. The average molecular weight is 208 g/mol. The first kappa shape index (κ1) is 10.0. The highest BCUT2D eigenvalue weighted by Gasteiger charge is 2.34. The second kappa shape index (κ2) is 3.94. The summed E-state index contributed by atoms with van der Waals surface area (Å²) in [5.41, 5.74) is 0.0164. The van der Waals surface area contributed by atoms with Gasteiger partial charge in [0, 0.05) is 13.3 Å². The topological polar surface area (TPSA) is 72.3 Å². The number of aromatic carboxylic acids is 1. The van der Waals surface area contributed by atoms with Gasteiger partial charge in [0.05, 0.1) is 0 Å². The van der Waals surface area contributed by atoms with Crippen LogP contribution in [-0.2, 0) is 4.74 Å². The Morgan fingerprint density at radius 2 is 2.40 bits per heavy atom. The van der Waals surface area contributed by atoms with Gasteiger partial charge in [-0.05, 0) is 24.8 Å². The van der Waals surface area contributed by atoms with Crippen LogP contribution >= 0.6 is 0 Å². The number of carboxylic acids is 1. The first-order valence-corrected chi connectivity index (χ1v) is 4.81. The van der Waals surface area contributed by atoms with Gasteiger partial charge in [0.25, 0.3) is 0 Å². The molecule has 0 radical (unpaired) electrons. The maximum Gasteiger partial charge on any atom is 0.354 e. The zero-order valence-electron chi connectivity index (χ0n) is 8.38. The molecule has 1 unspecified atom stereocenters. The van der Waals surface area contributed by atoms with E-state index in [9.17, 15) is 4.79 Å². The Hall–Kier alpha value is -1.49. The molecule has 80 valence electrons. The Morgan fingerprint density at radius 3 is 2.93 bits per heavy atom. The Bertz CT molecular complexity index is 377. The minimum Gasteiger partial charge on any atom is -0.477 e. The summed E-state index contributed by atoms with van der Waals surface area (Å²) in [7, 11) is 1.60. The van der Waals surface area contributed by atoms with Crippen molar-refractivity contribution in [2.24, 2.45) is 5.92 Å². The lowest BCUT2D eigenvalue weighted by atomic mass is 10.2. The van der Waals surface area contributed by atoms with Crippen molar-refractivity contribution >= 4 is 5.97 Å². The number of hydrogen-bond donors (Lipinski definition) is 1. The average Bonchev–Trinajstić information content (AvgIpc) is 3.04. The Kier molecular flexibility index (Phi) is 2.64. The number of rotatable bonds is 4. The molecule has 1 heterocycles. The van der Waals surface area contributed by atoms with Gasteiger partial charge in [0.1, 0.15) is 6.10 Å². The first-order valence-electron chi connectivity index (χ1n) is 4.81. The fourth-order valence-electron chi connectivity index (χ4n) is 1.54. The number of methoxy groups -OCH3 is 1. The molecule has 1 fully saturated rings. The van der Waals surface area contributed by atoms with Crippen molar-refractivity contribution in [2.45, 2.75) is 18.9 Å². The summed E-state index contributed by atoms with van der Waals surface area (Å²) in [6.45, 7) is 0. The maximum atomic E-state index is 10.7. The molecule has 0 spiro atoms. The SMILES string of the molecule is COC(c1nccc(C(=O)O)n1)C1CC1. The van der Waals surface area contributed by atoms with Gasteiger partial charge in [0.15, 0.2) is 11.5 Å². The quantitative estimate of drug-likeness (QED) is 0.806. The minimum absolute atomic E-state index is 0.0164. The van der Waals surface area contributed by atoms with Crippen LogP contribution in [0.1, 0.15) is 35.3 Å². The third-order valence-electron chi connectivity index (χ3n) is 2.45. The van der Waals surface area contributed by atoms with Crippen LogP contribution in [0.2, 0.25) is 0 Å². The van der Waals surface area contributed by atoms with Gasteiger partial charge in [-0.15, -0.1) is 0 Å². The van der Waals surface area contributed by atoms with E-state index in [1.165, 1.54) is 12.3 Å². The Balaban J connectivity index is 2.26. The molecule has 5 heteroatoms. The smallest absolute Gasteiger partial charge is 0.354 e. The molecule has 0 aromatic carbocycles. The number of carbonyl (C=O) groups is 1. The van der Waals surface area contributed by atoms with Crippen molar-refractivity contribution in [3.63, 3.8) is 0 Å². The van der Waals surface area contributed by atoms with Crippen molar-refractivity contribution < 1.29 is 14.6 Å². The van der Waals surface area contributed by atoms with Crippen molar-refractivity contribution in [3.05, 3.63) is 23.8 Å². The molecule has 1 aliphatic carbocycles. The standard InChI is InChI=1S/C10H12N2O3/c1-15-8(6-2-3-6)9-11-5-4-7(12-9)10(13)14/h4-6,8H,2-3H2,1H3,(H,13,14). The monoisotopic (exact) mass is 208 g/mol. The highest BCUT2D eigenvalue weighted by molar-refractivity contribution is 5.85. The van der Waals surface area contributed by atoms with Crippen molar-refractivity contribution in [1.29, 1.82) is 0 Å². The third kappa shape index (κ3) is 2.12. The Morgan fingerprint density at radius 1 is 1.67 bits per heavy atom. The third-order valence-corrected chi connectivity index (χ3v) is 2.45. The van der Waals surface area contributed by atoms with E-state index < -0.39 is 5.97 Å². The van der Waals surface area contributed by atoms with Gasteiger partial charge < -0.3 is 9.84 Å². The fourth-order valence-corrected chi connectivity index (χ4v) is 1.54. The molecule has 0 bridgehead atoms. The van der Waals surface area contributed by atoms with Crippen molar-refractivity contribution in [2.75, 3.05) is 7.11 Å². The number of hydrogen-bond acceptors (Lipinski definition) is 4. The molecular formula is C10H12N2O3. The first-order chi connectivity index (χ1) is 7.22. The van der Waals surface area contributed by atoms with Gasteiger partial charge in [-0.2, -0.15) is 0 Å². The van der Waals surface area contributed by atoms with Gasteiger partial charge >= 0.3 is 5.97 Å². The summed E-state index contributed by atoms with van der Waals surface area (Å²) in [6.07, 6.45) is 3.49. The largest absolute Gasteiger partial charge is 0.477 e. The number of nitrogens with zero attached hydrogens (tertiary/aromatic N) is 2. The Labute approximate surface area is 87.1 Å². The zero-order valence-corrected chi connectivity index (χ0v) is 8.38. The lowest BCUT2D eigenvalue weighted by molar-refractivity contribution is 0.0674. The van der Waals surface area contributed by atoms with Gasteiger partial charge in [-0.25, -0.2) is 14.8 Å². The van der Waals surface area contributed by atoms with Crippen LogP contribution in [0.4, 0.5) is 0 Å². The van der Waals surface area contributed by atoms with E-state index in [4.69, 9.17) is 9.84 Å². The highest BCUT2D eigenvalue weighted by atomic mass is 16.5. The summed E-state index contributed by atoms with van der Waals surface area (Å²) < 4.78 is 5.28. The number of ether oxygens (including phenoxy) is 1. The van der Waals surface area contributed by atoms with Gasteiger partial charge in [-0.3, -0.25) is 0 Å². The van der Waals surface area contributed by atoms with Crippen molar-refractivity contribution in [3.8, 4) is 0 Å². The summed E-state index contributed by atoms with van der Waals surface area (Å²) >= 11 is 0. The molecule has 2 rings (SSSR count). The summed E-state index contributed by atoms with van der Waals surface area (Å²) in [6, 6.07) is 1.38. The predicted octanol–water partition coefficient (Wildman–Crippen LogP) is 1.27. The second-order valence-electron chi connectivity index (χ2n) is 3.60. The zero-order chi connectivity index (χ0) is 10.8. The van der Waals surface area contributed by atoms with Crippen molar-refractivity contribution in [1.82, 2.24) is 9.97 Å². The van der Waals surface area contributed by atoms with E-state index in [1.807, 2.05) is 0 Å². The van der Waals surface area contributed by atoms with Crippen LogP contribution in [0.25, 0.3) is 0 Å². The van der Waals surface area contributed by atoms with Crippen LogP contribution in [-0.4, -0.2) is 28.2 Å². The van der Waals surface area contributed by atoms with E-state index in [1.54, 1.807) is 7.11 Å². The second-order valence-corrected chi connectivity index (χ2v) is 3.60. The molecule has 1 saturated carbocycles. The normalized spacial score (nSPS) is 17.4. The van der Waals surface area contributed by atoms with Crippen LogP contribution in [0.5, 0.6) is 0 Å². The van der Waals surface area contributed by atoms with E-state index in [0.717, 1.165) is 12.8 Å². The molecule has 15 heavy (non-hydrogen) atoms.